The maximum atomic E-state index is 12.8. The molecule has 0 aliphatic carbocycles. The number of benzene rings is 1. The van der Waals surface area contributed by atoms with Gasteiger partial charge in [0.05, 0.1) is 18.9 Å². The number of thiophene rings is 1. The van der Waals surface area contributed by atoms with Gasteiger partial charge in [-0.1, -0.05) is 35.9 Å². The first-order valence-corrected chi connectivity index (χ1v) is 9.03. The van der Waals surface area contributed by atoms with Crippen molar-refractivity contribution in [2.45, 2.75) is 19.4 Å². The van der Waals surface area contributed by atoms with Crippen molar-refractivity contribution in [2.24, 2.45) is 0 Å². The molecular weight excluding hydrogens is 342 g/mol. The van der Waals surface area contributed by atoms with Crippen LogP contribution in [-0.4, -0.2) is 17.4 Å². The Balaban J connectivity index is 1.70. The summed E-state index contributed by atoms with van der Waals surface area (Å²) >= 11 is 7.90. The summed E-state index contributed by atoms with van der Waals surface area (Å²) in [7, 11) is 0. The number of hydrogen-bond acceptors (Lipinski definition) is 3. The predicted octanol–water partition coefficient (Wildman–Crippen LogP) is 4.81. The Morgan fingerprint density at radius 2 is 2.04 bits per heavy atom. The zero-order valence-corrected chi connectivity index (χ0v) is 14.7. The molecule has 0 radical (unpaired) electrons. The van der Waals surface area contributed by atoms with Crippen molar-refractivity contribution < 1.29 is 9.21 Å². The minimum atomic E-state index is 0.0702. The lowest BCUT2D eigenvalue weighted by molar-refractivity contribution is -0.131. The van der Waals surface area contributed by atoms with Crippen molar-refractivity contribution in [1.82, 2.24) is 4.90 Å². The Hall–Kier alpha value is -2.04. The van der Waals surface area contributed by atoms with E-state index in [1.165, 1.54) is 4.88 Å². The molecule has 0 bridgehead atoms. The summed E-state index contributed by atoms with van der Waals surface area (Å²) in [5.41, 5.74) is 1.85. The van der Waals surface area contributed by atoms with Gasteiger partial charge in [0.25, 0.3) is 0 Å². The van der Waals surface area contributed by atoms with E-state index in [-0.39, 0.29) is 5.91 Å². The minimum absolute atomic E-state index is 0.0702. The van der Waals surface area contributed by atoms with Gasteiger partial charge in [-0.25, -0.2) is 0 Å². The van der Waals surface area contributed by atoms with Crippen LogP contribution in [0.2, 0.25) is 5.02 Å². The quantitative estimate of drug-likeness (QED) is 0.606. The highest BCUT2D eigenvalue weighted by molar-refractivity contribution is 7.09. The Bertz CT molecular complexity index is 769. The molecule has 0 N–H and O–H groups in total. The fourth-order valence-corrected chi connectivity index (χ4v) is 3.41. The summed E-state index contributed by atoms with van der Waals surface area (Å²) in [6.45, 7) is 1.22. The van der Waals surface area contributed by atoms with Gasteiger partial charge in [-0.3, -0.25) is 4.79 Å². The summed E-state index contributed by atoms with van der Waals surface area (Å²) in [4.78, 5) is 15.9. The van der Waals surface area contributed by atoms with Crippen molar-refractivity contribution in [3.63, 3.8) is 0 Å². The molecule has 0 saturated carbocycles. The van der Waals surface area contributed by atoms with E-state index in [2.05, 4.69) is 11.4 Å². The highest BCUT2D eigenvalue weighted by atomic mass is 35.5. The van der Waals surface area contributed by atoms with Crippen LogP contribution in [0, 0.1) is 0 Å². The number of furan rings is 1. The maximum Gasteiger partial charge on any atom is 0.227 e. The van der Waals surface area contributed by atoms with Crippen molar-refractivity contribution in [3.8, 4) is 0 Å². The Labute approximate surface area is 150 Å². The molecule has 0 atom stereocenters. The van der Waals surface area contributed by atoms with E-state index >= 15 is 0 Å². The molecule has 0 aliphatic heterocycles. The number of nitrogens with zero attached hydrogens (tertiary/aromatic N) is 1. The van der Waals surface area contributed by atoms with E-state index in [4.69, 9.17) is 16.0 Å². The highest BCUT2D eigenvalue weighted by Gasteiger charge is 2.16. The number of carbonyl (C=O) groups excluding carboxylic acids is 1. The summed E-state index contributed by atoms with van der Waals surface area (Å²) in [6, 6.07) is 13.5. The molecule has 0 unspecified atom stereocenters. The van der Waals surface area contributed by atoms with Crippen LogP contribution in [0.5, 0.6) is 0 Å². The van der Waals surface area contributed by atoms with Gasteiger partial charge in [0.1, 0.15) is 0 Å². The smallest absolute Gasteiger partial charge is 0.227 e. The van der Waals surface area contributed by atoms with E-state index in [1.807, 2.05) is 41.3 Å². The Morgan fingerprint density at radius 3 is 2.75 bits per heavy atom. The van der Waals surface area contributed by atoms with Crippen LogP contribution in [0.4, 0.5) is 0 Å². The van der Waals surface area contributed by atoms with Gasteiger partial charge < -0.3 is 9.32 Å². The second kappa shape index (κ2) is 8.18. The SMILES string of the molecule is O=C(Cc1ccccc1Cl)N(CCc1cccs1)Cc1ccoc1. The van der Waals surface area contributed by atoms with Crippen molar-refractivity contribution in [1.29, 1.82) is 0 Å². The zero-order valence-electron chi connectivity index (χ0n) is 13.2. The molecule has 124 valence electrons. The Kier molecular flexibility index (Phi) is 5.72. The fourth-order valence-electron chi connectivity index (χ4n) is 2.51. The van der Waals surface area contributed by atoms with E-state index < -0.39 is 0 Å². The lowest BCUT2D eigenvalue weighted by Gasteiger charge is -2.22. The Morgan fingerprint density at radius 1 is 1.17 bits per heavy atom. The van der Waals surface area contributed by atoms with Gasteiger partial charge >= 0.3 is 0 Å². The normalized spacial score (nSPS) is 10.7. The van der Waals surface area contributed by atoms with Crippen LogP contribution in [0.25, 0.3) is 0 Å². The third-order valence-corrected chi connectivity index (χ3v) is 5.12. The lowest BCUT2D eigenvalue weighted by Crippen LogP contribution is -2.33. The van der Waals surface area contributed by atoms with Crippen molar-refractivity contribution in [2.75, 3.05) is 6.54 Å². The largest absolute Gasteiger partial charge is 0.472 e. The zero-order chi connectivity index (χ0) is 16.8. The monoisotopic (exact) mass is 359 g/mol. The molecule has 3 nitrogen and oxygen atoms in total. The first-order chi connectivity index (χ1) is 11.7. The van der Waals surface area contributed by atoms with Gasteiger partial charge in [0, 0.05) is 28.6 Å². The summed E-state index contributed by atoms with van der Waals surface area (Å²) in [5.74, 6) is 0.0702. The number of hydrogen-bond donors (Lipinski definition) is 0. The molecule has 2 heterocycles. The minimum Gasteiger partial charge on any atom is -0.472 e. The van der Waals surface area contributed by atoms with Crippen molar-refractivity contribution in [3.05, 3.63) is 81.4 Å². The summed E-state index contributed by atoms with van der Waals surface area (Å²) < 4.78 is 5.13. The topological polar surface area (TPSA) is 33.5 Å². The van der Waals surface area contributed by atoms with Crippen molar-refractivity contribution >= 4 is 28.8 Å². The number of amides is 1. The second-order valence-electron chi connectivity index (χ2n) is 5.54. The van der Waals surface area contributed by atoms with E-state index in [1.54, 1.807) is 23.9 Å². The van der Waals surface area contributed by atoms with Crippen LogP contribution < -0.4 is 0 Å². The first-order valence-electron chi connectivity index (χ1n) is 7.77. The van der Waals surface area contributed by atoms with Crippen LogP contribution in [0.3, 0.4) is 0 Å². The molecule has 2 aromatic heterocycles. The van der Waals surface area contributed by atoms with E-state index in [0.717, 1.165) is 17.5 Å². The molecule has 3 rings (SSSR count). The molecule has 5 heteroatoms. The molecule has 0 saturated heterocycles. The molecule has 1 aromatic carbocycles. The van der Waals surface area contributed by atoms with Gasteiger partial charge in [-0.05, 0) is 35.6 Å². The summed E-state index contributed by atoms with van der Waals surface area (Å²) in [5, 5.41) is 2.69. The molecule has 1 amide bonds. The van der Waals surface area contributed by atoms with Gasteiger partial charge in [-0.2, -0.15) is 0 Å². The van der Waals surface area contributed by atoms with Crippen LogP contribution in [0.1, 0.15) is 16.0 Å². The van der Waals surface area contributed by atoms with Crippen LogP contribution in [0.15, 0.2) is 64.8 Å². The second-order valence-corrected chi connectivity index (χ2v) is 6.98. The maximum absolute atomic E-state index is 12.8. The van der Waals surface area contributed by atoms with Crippen LogP contribution >= 0.6 is 22.9 Å². The molecule has 24 heavy (non-hydrogen) atoms. The molecule has 0 spiro atoms. The molecule has 3 aromatic rings. The highest BCUT2D eigenvalue weighted by Crippen LogP contribution is 2.18. The van der Waals surface area contributed by atoms with Crippen LogP contribution in [-0.2, 0) is 24.2 Å². The average Bonchev–Trinajstić information content (AvgIpc) is 3.27. The third-order valence-electron chi connectivity index (χ3n) is 3.81. The van der Waals surface area contributed by atoms with Gasteiger partial charge in [-0.15, -0.1) is 11.3 Å². The lowest BCUT2D eigenvalue weighted by atomic mass is 10.1. The summed E-state index contributed by atoms with van der Waals surface area (Å²) in [6.07, 6.45) is 4.47. The number of carbonyl (C=O) groups is 1. The van der Waals surface area contributed by atoms with E-state index in [9.17, 15) is 4.79 Å². The molecule has 0 fully saturated rings. The molecule has 0 aliphatic rings. The van der Waals surface area contributed by atoms with Gasteiger partial charge in [0.15, 0.2) is 0 Å². The molecular formula is C19H18ClNO2S. The van der Waals surface area contributed by atoms with E-state index in [0.29, 0.717) is 24.5 Å². The number of halogens is 1. The number of rotatable bonds is 7. The first kappa shape index (κ1) is 16.8. The average molecular weight is 360 g/mol. The fraction of sp³-hybridized carbons (Fsp3) is 0.211. The standard InChI is InChI=1S/C19H18ClNO2S/c20-18-6-2-1-4-16(18)12-19(22)21(13-15-8-10-23-14-15)9-7-17-5-3-11-24-17/h1-6,8,10-11,14H,7,9,12-13H2. The van der Waals surface area contributed by atoms with Gasteiger partial charge in [0.2, 0.25) is 5.91 Å². The predicted molar refractivity (Wildman–Crippen MR) is 97.3 cm³/mol. The third kappa shape index (κ3) is 4.49.